The predicted octanol–water partition coefficient (Wildman–Crippen LogP) is 3.51. The molecule has 0 fully saturated rings. The smallest absolute Gasteiger partial charge is 0.331 e. The second kappa shape index (κ2) is 7.98. The summed E-state index contributed by atoms with van der Waals surface area (Å²) < 4.78 is 11.8. The Labute approximate surface area is 152 Å². The molecule has 2 rings (SSSR count). The van der Waals surface area contributed by atoms with E-state index in [9.17, 15) is 4.79 Å². The van der Waals surface area contributed by atoms with Crippen LogP contribution in [0.15, 0.2) is 60.7 Å². The van der Waals surface area contributed by atoms with Crippen LogP contribution in [0.3, 0.4) is 0 Å². The number of carbonyl (C=O) groups excluding carboxylic acids is 1. The highest BCUT2D eigenvalue weighted by atomic mass is 28.4. The summed E-state index contributed by atoms with van der Waals surface area (Å²) in [6.07, 6.45) is -0.143. The van der Waals surface area contributed by atoms with Crippen LogP contribution in [0.1, 0.15) is 34.6 Å². The molecule has 2 aromatic carbocycles. The van der Waals surface area contributed by atoms with Crippen molar-refractivity contribution in [2.75, 3.05) is 6.61 Å². The molecule has 0 amide bonds. The Morgan fingerprint density at radius 1 is 0.920 bits per heavy atom. The minimum atomic E-state index is -2.66. The molecule has 0 unspecified atom stereocenters. The molecular weight excluding hydrogens is 328 g/mol. The molecule has 0 atom stereocenters. The molecule has 0 aromatic heterocycles. The fraction of sp³-hybridized carbons (Fsp3) is 0.381. The second-order valence-corrected chi connectivity index (χ2v) is 11.8. The summed E-state index contributed by atoms with van der Waals surface area (Å²) in [6.45, 7) is 10.2. The highest BCUT2D eigenvalue weighted by molar-refractivity contribution is 6.99. The van der Waals surface area contributed by atoms with E-state index in [1.54, 1.807) is 0 Å². The Morgan fingerprint density at radius 3 is 1.72 bits per heavy atom. The third-order valence-corrected chi connectivity index (χ3v) is 9.17. The van der Waals surface area contributed by atoms with E-state index in [2.05, 4.69) is 45.0 Å². The zero-order valence-corrected chi connectivity index (χ0v) is 16.8. The van der Waals surface area contributed by atoms with Crippen LogP contribution in [0, 0.1) is 0 Å². The zero-order chi connectivity index (χ0) is 18.5. The maximum absolute atomic E-state index is 12.2. The number of carbonyl (C=O) groups is 1. The van der Waals surface area contributed by atoms with Gasteiger partial charge in [-0.15, -0.1) is 0 Å². The van der Waals surface area contributed by atoms with Gasteiger partial charge in [0.2, 0.25) is 0 Å². The molecule has 0 aliphatic heterocycles. The van der Waals surface area contributed by atoms with E-state index < -0.39 is 8.32 Å². The lowest BCUT2D eigenvalue weighted by Gasteiger charge is -2.42. The molecule has 2 aromatic rings. The lowest BCUT2D eigenvalue weighted by molar-refractivity contribution is -0.150. The summed E-state index contributed by atoms with van der Waals surface area (Å²) in [6, 6.07) is 20.6. The molecule has 0 radical (unpaired) electrons. The van der Waals surface area contributed by atoms with Crippen LogP contribution in [0.25, 0.3) is 0 Å². The summed E-state index contributed by atoms with van der Waals surface area (Å²) in [5.41, 5.74) is 0. The molecule has 0 saturated carbocycles. The number of rotatable bonds is 6. The number of ether oxygens (including phenoxy) is 1. The number of esters is 1. The Bertz CT molecular complexity index is 636. The van der Waals surface area contributed by atoms with Gasteiger partial charge in [-0.05, 0) is 29.3 Å². The van der Waals surface area contributed by atoms with Gasteiger partial charge in [0, 0.05) is 0 Å². The van der Waals surface area contributed by atoms with Gasteiger partial charge in [0.1, 0.15) is 6.61 Å². The lowest BCUT2D eigenvalue weighted by atomic mass is 10.2. The normalized spacial score (nSPS) is 12.2. The maximum atomic E-state index is 12.2. The Kier molecular flexibility index (Phi) is 6.19. The van der Waals surface area contributed by atoms with E-state index in [0.717, 1.165) is 10.4 Å². The summed E-state index contributed by atoms with van der Waals surface area (Å²) >= 11 is 0. The van der Waals surface area contributed by atoms with Gasteiger partial charge in [0.05, 0.1) is 6.10 Å². The highest BCUT2D eigenvalue weighted by Crippen LogP contribution is 2.36. The van der Waals surface area contributed by atoms with Crippen LogP contribution in [0.2, 0.25) is 5.04 Å². The summed E-state index contributed by atoms with van der Waals surface area (Å²) in [5.74, 6) is -0.317. The Hall–Kier alpha value is -1.91. The van der Waals surface area contributed by atoms with E-state index in [-0.39, 0.29) is 23.7 Å². The number of hydrogen-bond donors (Lipinski definition) is 0. The summed E-state index contributed by atoms with van der Waals surface area (Å²) in [5, 5.41) is 2.17. The van der Waals surface area contributed by atoms with E-state index >= 15 is 0 Å². The van der Waals surface area contributed by atoms with Crippen molar-refractivity contribution in [2.45, 2.75) is 45.8 Å². The summed E-state index contributed by atoms with van der Waals surface area (Å²) in [4.78, 5) is 12.2. The lowest BCUT2D eigenvalue weighted by Crippen LogP contribution is -2.67. The summed E-state index contributed by atoms with van der Waals surface area (Å²) in [7, 11) is -2.66. The van der Waals surface area contributed by atoms with Crippen LogP contribution in [0.4, 0.5) is 0 Å². The molecular formula is C21H28O3Si. The molecule has 0 spiro atoms. The molecule has 25 heavy (non-hydrogen) atoms. The van der Waals surface area contributed by atoms with Crippen LogP contribution < -0.4 is 10.4 Å². The third-order valence-electron chi connectivity index (χ3n) is 4.19. The number of benzene rings is 2. The van der Waals surface area contributed by atoms with Crippen molar-refractivity contribution in [2.24, 2.45) is 0 Å². The van der Waals surface area contributed by atoms with Gasteiger partial charge in [-0.1, -0.05) is 81.4 Å². The fourth-order valence-electron chi connectivity index (χ4n) is 3.23. The first kappa shape index (κ1) is 19.4. The monoisotopic (exact) mass is 356 g/mol. The predicted molar refractivity (Wildman–Crippen MR) is 105 cm³/mol. The largest absolute Gasteiger partial charge is 0.461 e. The SMILES string of the molecule is CC(C)OC(=O)CO[Si](c1ccccc1)(c1ccccc1)C(C)(C)C. The first-order chi connectivity index (χ1) is 11.8. The van der Waals surface area contributed by atoms with Gasteiger partial charge in [0.15, 0.2) is 0 Å². The molecule has 0 N–H and O–H groups in total. The van der Waals surface area contributed by atoms with Gasteiger partial charge in [-0.2, -0.15) is 0 Å². The molecule has 3 nitrogen and oxygen atoms in total. The third kappa shape index (κ3) is 4.38. The number of hydrogen-bond acceptors (Lipinski definition) is 3. The van der Waals surface area contributed by atoms with E-state index in [1.165, 1.54) is 0 Å². The Balaban J connectivity index is 2.51. The van der Waals surface area contributed by atoms with Gasteiger partial charge >= 0.3 is 5.97 Å². The highest BCUT2D eigenvalue weighted by Gasteiger charge is 2.50. The quantitative estimate of drug-likeness (QED) is 0.587. The molecule has 134 valence electrons. The minimum Gasteiger partial charge on any atom is -0.461 e. The minimum absolute atomic E-state index is 0.0362. The molecule has 4 heteroatoms. The molecule has 0 heterocycles. The Morgan fingerprint density at radius 2 is 1.36 bits per heavy atom. The maximum Gasteiger partial charge on any atom is 0.331 e. The van der Waals surface area contributed by atoms with Gasteiger partial charge in [-0.3, -0.25) is 0 Å². The van der Waals surface area contributed by atoms with Crippen LogP contribution in [0.5, 0.6) is 0 Å². The average Bonchev–Trinajstić information content (AvgIpc) is 2.55. The van der Waals surface area contributed by atoms with Crippen molar-refractivity contribution < 1.29 is 14.0 Å². The van der Waals surface area contributed by atoms with Gasteiger partial charge < -0.3 is 9.16 Å². The van der Waals surface area contributed by atoms with Crippen molar-refractivity contribution in [1.29, 1.82) is 0 Å². The van der Waals surface area contributed by atoms with Gasteiger partial charge in [0.25, 0.3) is 8.32 Å². The van der Waals surface area contributed by atoms with Gasteiger partial charge in [-0.25, -0.2) is 4.79 Å². The van der Waals surface area contributed by atoms with Crippen molar-refractivity contribution in [3.63, 3.8) is 0 Å². The van der Waals surface area contributed by atoms with E-state index in [0.29, 0.717) is 0 Å². The van der Waals surface area contributed by atoms with Crippen molar-refractivity contribution in [1.82, 2.24) is 0 Å². The van der Waals surface area contributed by atoms with Crippen molar-refractivity contribution in [3.8, 4) is 0 Å². The van der Waals surface area contributed by atoms with Crippen LogP contribution in [-0.4, -0.2) is 27.0 Å². The average molecular weight is 357 g/mol. The van der Waals surface area contributed by atoms with Crippen molar-refractivity contribution in [3.05, 3.63) is 60.7 Å². The molecule has 0 bridgehead atoms. The first-order valence-corrected chi connectivity index (χ1v) is 10.6. The topological polar surface area (TPSA) is 35.5 Å². The second-order valence-electron chi connectivity index (χ2n) is 7.49. The van der Waals surface area contributed by atoms with E-state index in [4.69, 9.17) is 9.16 Å². The first-order valence-electron chi connectivity index (χ1n) is 8.72. The zero-order valence-electron chi connectivity index (χ0n) is 15.8. The van der Waals surface area contributed by atoms with Crippen molar-refractivity contribution >= 4 is 24.7 Å². The van der Waals surface area contributed by atoms with Crippen LogP contribution in [-0.2, 0) is 14.0 Å². The standard InChI is InChI=1S/C21H28O3Si/c1-17(2)24-20(22)16-23-25(21(3,4)5,18-12-8-6-9-13-18)19-14-10-7-11-15-19/h6-15,17H,16H2,1-5H3. The molecule has 0 aliphatic carbocycles. The van der Waals surface area contributed by atoms with E-state index in [1.807, 2.05) is 50.2 Å². The van der Waals surface area contributed by atoms with Crippen LogP contribution >= 0.6 is 0 Å². The molecule has 0 saturated heterocycles. The molecule has 0 aliphatic rings. The fourth-order valence-corrected chi connectivity index (χ4v) is 7.72.